The molecule has 108 valence electrons. The number of hydrogen-bond donors (Lipinski definition) is 1. The molecular weight excluding hydrogens is 240 g/mol. The summed E-state index contributed by atoms with van der Waals surface area (Å²) in [4.78, 5) is 16.4. The van der Waals surface area contributed by atoms with Gasteiger partial charge < -0.3 is 5.11 Å². The Morgan fingerprint density at radius 1 is 1.05 bits per heavy atom. The number of carboxylic acids is 1. The molecule has 3 aliphatic heterocycles. The van der Waals surface area contributed by atoms with Crippen molar-refractivity contribution in [1.29, 1.82) is 0 Å². The molecule has 0 saturated carbocycles. The SMILES string of the molecule is CC1CC(C(=O)O)CCN1C1CCN2CCCCC12. The standard InChI is InChI=1S/C15H26N2O2/c1-11-10-12(15(18)19)5-9-17(11)14-6-8-16-7-3-2-4-13(14)16/h11-14H,2-10H2,1H3,(H,18,19). The number of carboxylic acid groups (broad SMARTS) is 1. The molecule has 0 aromatic carbocycles. The van der Waals surface area contributed by atoms with Crippen molar-refractivity contribution in [2.75, 3.05) is 19.6 Å². The van der Waals surface area contributed by atoms with Gasteiger partial charge in [0.25, 0.3) is 0 Å². The van der Waals surface area contributed by atoms with Crippen LogP contribution in [0.3, 0.4) is 0 Å². The smallest absolute Gasteiger partial charge is 0.306 e. The molecule has 3 saturated heterocycles. The summed E-state index contributed by atoms with van der Waals surface area (Å²) in [7, 11) is 0. The van der Waals surface area contributed by atoms with Gasteiger partial charge in [0.15, 0.2) is 0 Å². The van der Waals surface area contributed by atoms with Crippen LogP contribution < -0.4 is 0 Å². The fourth-order valence-electron chi connectivity index (χ4n) is 4.51. The van der Waals surface area contributed by atoms with Gasteiger partial charge in [0.2, 0.25) is 0 Å². The zero-order chi connectivity index (χ0) is 13.4. The van der Waals surface area contributed by atoms with Gasteiger partial charge in [0, 0.05) is 24.7 Å². The zero-order valence-corrected chi connectivity index (χ0v) is 11.9. The van der Waals surface area contributed by atoms with Crippen molar-refractivity contribution < 1.29 is 9.90 Å². The van der Waals surface area contributed by atoms with E-state index in [2.05, 4.69) is 16.7 Å². The quantitative estimate of drug-likeness (QED) is 0.827. The molecule has 0 aromatic rings. The molecule has 19 heavy (non-hydrogen) atoms. The first-order valence-electron chi connectivity index (χ1n) is 7.89. The van der Waals surface area contributed by atoms with Gasteiger partial charge in [-0.3, -0.25) is 14.6 Å². The minimum Gasteiger partial charge on any atom is -0.481 e. The molecule has 4 atom stereocenters. The maximum absolute atomic E-state index is 11.1. The lowest BCUT2D eigenvalue weighted by Crippen LogP contribution is -2.53. The van der Waals surface area contributed by atoms with Crippen molar-refractivity contribution in [2.45, 2.75) is 63.6 Å². The number of piperidine rings is 2. The second kappa shape index (κ2) is 5.41. The normalized spacial score (nSPS) is 41.1. The molecule has 0 spiro atoms. The Bertz CT molecular complexity index is 347. The predicted molar refractivity (Wildman–Crippen MR) is 74.1 cm³/mol. The van der Waals surface area contributed by atoms with Gasteiger partial charge >= 0.3 is 5.97 Å². The van der Waals surface area contributed by atoms with Crippen LogP contribution in [0.15, 0.2) is 0 Å². The molecule has 3 heterocycles. The van der Waals surface area contributed by atoms with Crippen LogP contribution >= 0.6 is 0 Å². The topological polar surface area (TPSA) is 43.8 Å². The fourth-order valence-corrected chi connectivity index (χ4v) is 4.51. The molecule has 3 aliphatic rings. The Labute approximate surface area is 115 Å². The molecule has 0 aliphatic carbocycles. The molecule has 1 N–H and O–H groups in total. The third kappa shape index (κ3) is 2.52. The van der Waals surface area contributed by atoms with E-state index in [4.69, 9.17) is 5.11 Å². The first kappa shape index (κ1) is 13.4. The van der Waals surface area contributed by atoms with Crippen molar-refractivity contribution in [3.8, 4) is 0 Å². The van der Waals surface area contributed by atoms with Crippen LogP contribution in [0.25, 0.3) is 0 Å². The van der Waals surface area contributed by atoms with Gasteiger partial charge in [-0.05, 0) is 52.1 Å². The van der Waals surface area contributed by atoms with E-state index in [9.17, 15) is 4.79 Å². The largest absolute Gasteiger partial charge is 0.481 e. The van der Waals surface area contributed by atoms with Gasteiger partial charge in [0.05, 0.1) is 5.92 Å². The third-order valence-electron chi connectivity index (χ3n) is 5.52. The van der Waals surface area contributed by atoms with E-state index in [1.165, 1.54) is 38.8 Å². The van der Waals surface area contributed by atoms with Crippen LogP contribution in [0.2, 0.25) is 0 Å². The highest BCUT2D eigenvalue weighted by Gasteiger charge is 2.42. The summed E-state index contributed by atoms with van der Waals surface area (Å²) < 4.78 is 0. The van der Waals surface area contributed by atoms with Crippen molar-refractivity contribution in [3.05, 3.63) is 0 Å². The Balaban J connectivity index is 1.65. The highest BCUT2D eigenvalue weighted by molar-refractivity contribution is 5.70. The second-order valence-electron chi connectivity index (χ2n) is 6.60. The average Bonchev–Trinajstić information content (AvgIpc) is 2.82. The van der Waals surface area contributed by atoms with Crippen molar-refractivity contribution in [3.63, 3.8) is 0 Å². The summed E-state index contributed by atoms with van der Waals surface area (Å²) in [6.07, 6.45) is 7.03. The summed E-state index contributed by atoms with van der Waals surface area (Å²) in [5, 5.41) is 9.17. The molecule has 4 unspecified atom stereocenters. The zero-order valence-electron chi connectivity index (χ0n) is 11.9. The lowest BCUT2D eigenvalue weighted by Gasteiger charge is -2.44. The number of nitrogens with zero attached hydrogens (tertiary/aromatic N) is 2. The van der Waals surface area contributed by atoms with Gasteiger partial charge in [-0.2, -0.15) is 0 Å². The minimum atomic E-state index is -0.600. The third-order valence-corrected chi connectivity index (χ3v) is 5.52. The van der Waals surface area contributed by atoms with Crippen molar-refractivity contribution >= 4 is 5.97 Å². The monoisotopic (exact) mass is 266 g/mol. The fraction of sp³-hybridized carbons (Fsp3) is 0.933. The van der Waals surface area contributed by atoms with Gasteiger partial charge in [-0.1, -0.05) is 6.42 Å². The van der Waals surface area contributed by atoms with Crippen LogP contribution in [0.1, 0.15) is 45.4 Å². The lowest BCUT2D eigenvalue weighted by atomic mass is 9.88. The Morgan fingerprint density at radius 2 is 1.89 bits per heavy atom. The van der Waals surface area contributed by atoms with E-state index < -0.39 is 5.97 Å². The van der Waals surface area contributed by atoms with E-state index in [1.54, 1.807) is 0 Å². The molecule has 3 fully saturated rings. The molecule has 4 nitrogen and oxygen atoms in total. The van der Waals surface area contributed by atoms with E-state index in [0.29, 0.717) is 12.1 Å². The summed E-state index contributed by atoms with van der Waals surface area (Å²) >= 11 is 0. The number of fused-ring (bicyclic) bond motifs is 1. The highest BCUT2D eigenvalue weighted by Crippen LogP contribution is 2.34. The van der Waals surface area contributed by atoms with E-state index in [0.717, 1.165) is 25.4 Å². The van der Waals surface area contributed by atoms with Crippen LogP contribution in [-0.4, -0.2) is 58.6 Å². The van der Waals surface area contributed by atoms with Crippen LogP contribution in [0, 0.1) is 5.92 Å². The first-order valence-corrected chi connectivity index (χ1v) is 7.89. The van der Waals surface area contributed by atoms with E-state index in [1.807, 2.05) is 0 Å². The number of aliphatic carboxylic acids is 1. The average molecular weight is 266 g/mol. The Hall–Kier alpha value is -0.610. The second-order valence-corrected chi connectivity index (χ2v) is 6.60. The van der Waals surface area contributed by atoms with Gasteiger partial charge in [-0.15, -0.1) is 0 Å². The maximum atomic E-state index is 11.1. The number of likely N-dealkylation sites (tertiary alicyclic amines) is 1. The van der Waals surface area contributed by atoms with Gasteiger partial charge in [-0.25, -0.2) is 0 Å². The molecule has 4 heteroatoms. The summed E-state index contributed by atoms with van der Waals surface area (Å²) in [6, 6.07) is 1.87. The Kier molecular flexibility index (Phi) is 3.81. The summed E-state index contributed by atoms with van der Waals surface area (Å²) in [6.45, 7) is 5.73. The van der Waals surface area contributed by atoms with Crippen molar-refractivity contribution in [1.82, 2.24) is 9.80 Å². The van der Waals surface area contributed by atoms with Gasteiger partial charge in [0.1, 0.15) is 0 Å². The number of hydrogen-bond acceptors (Lipinski definition) is 3. The lowest BCUT2D eigenvalue weighted by molar-refractivity contribution is -0.144. The number of rotatable bonds is 2. The van der Waals surface area contributed by atoms with E-state index >= 15 is 0 Å². The highest BCUT2D eigenvalue weighted by atomic mass is 16.4. The number of carbonyl (C=O) groups is 1. The minimum absolute atomic E-state index is 0.116. The van der Waals surface area contributed by atoms with Crippen LogP contribution in [0.4, 0.5) is 0 Å². The molecule has 0 aromatic heterocycles. The molecular formula is C15H26N2O2. The molecule has 3 rings (SSSR count). The van der Waals surface area contributed by atoms with Crippen LogP contribution in [-0.2, 0) is 4.79 Å². The first-order chi connectivity index (χ1) is 9.16. The molecule has 0 amide bonds. The Morgan fingerprint density at radius 3 is 2.63 bits per heavy atom. The molecule has 0 radical (unpaired) electrons. The maximum Gasteiger partial charge on any atom is 0.306 e. The van der Waals surface area contributed by atoms with E-state index in [-0.39, 0.29) is 5.92 Å². The van der Waals surface area contributed by atoms with Crippen LogP contribution in [0.5, 0.6) is 0 Å². The molecule has 0 bridgehead atoms. The summed E-state index contributed by atoms with van der Waals surface area (Å²) in [5.74, 6) is -0.715. The van der Waals surface area contributed by atoms with Crippen molar-refractivity contribution in [2.24, 2.45) is 5.92 Å². The predicted octanol–water partition coefficient (Wildman–Crippen LogP) is 1.80. The summed E-state index contributed by atoms with van der Waals surface area (Å²) in [5.41, 5.74) is 0.